The third-order valence-electron chi connectivity index (χ3n) is 7.52. The SMILES string of the molecule is O=C(c1cn(C[C@@H]2CCCN2)c2cc(Cl)ccc12)N1CCC2(CC1)OCc1ccccc12. The summed E-state index contributed by atoms with van der Waals surface area (Å²) < 4.78 is 8.49. The van der Waals surface area contributed by atoms with E-state index in [2.05, 4.69) is 34.1 Å². The molecule has 32 heavy (non-hydrogen) atoms. The molecule has 3 aliphatic rings. The minimum absolute atomic E-state index is 0.108. The van der Waals surface area contributed by atoms with Gasteiger partial charge < -0.3 is 19.5 Å². The largest absolute Gasteiger partial charge is 0.365 e. The number of rotatable bonds is 3. The lowest BCUT2D eigenvalue weighted by Crippen LogP contribution is -2.45. The van der Waals surface area contributed by atoms with Crippen molar-refractivity contribution < 1.29 is 9.53 Å². The van der Waals surface area contributed by atoms with Gasteiger partial charge >= 0.3 is 0 Å². The fraction of sp³-hybridized carbons (Fsp3) is 0.423. The number of nitrogens with one attached hydrogen (secondary N) is 1. The van der Waals surface area contributed by atoms with Crippen LogP contribution in [0.5, 0.6) is 0 Å². The Bertz CT molecular complexity index is 1170. The quantitative estimate of drug-likeness (QED) is 0.630. The second-order valence-electron chi connectivity index (χ2n) is 9.38. The molecule has 6 rings (SSSR count). The molecule has 2 saturated heterocycles. The monoisotopic (exact) mass is 449 g/mol. The smallest absolute Gasteiger partial charge is 0.256 e. The summed E-state index contributed by atoms with van der Waals surface area (Å²) in [7, 11) is 0. The molecule has 3 aliphatic heterocycles. The molecule has 1 amide bonds. The molecule has 166 valence electrons. The first-order valence-electron chi connectivity index (χ1n) is 11.7. The minimum Gasteiger partial charge on any atom is -0.365 e. The Labute approximate surface area is 193 Å². The zero-order valence-corrected chi connectivity index (χ0v) is 18.9. The molecule has 3 aromatic rings. The predicted octanol–water partition coefficient (Wildman–Crippen LogP) is 4.71. The van der Waals surface area contributed by atoms with E-state index in [9.17, 15) is 4.79 Å². The highest BCUT2D eigenvalue weighted by Crippen LogP contribution is 2.44. The summed E-state index contributed by atoms with van der Waals surface area (Å²) in [6.07, 6.45) is 6.09. The fourth-order valence-corrected chi connectivity index (χ4v) is 5.94. The average Bonchev–Trinajstić information content (AvgIpc) is 3.54. The van der Waals surface area contributed by atoms with Gasteiger partial charge in [-0.25, -0.2) is 0 Å². The standard InChI is InChI=1S/C26H28ClN3O2/c27-19-7-8-21-22(16-30(24(21)14-19)15-20-5-3-11-28-20)25(31)29-12-9-26(10-13-29)23-6-2-1-4-18(23)17-32-26/h1-2,4,6-8,14,16,20,28H,3,5,9-13,15,17H2/t20-/m0/s1. The van der Waals surface area contributed by atoms with Gasteiger partial charge in [-0.3, -0.25) is 4.79 Å². The highest BCUT2D eigenvalue weighted by molar-refractivity contribution is 6.31. The van der Waals surface area contributed by atoms with Crippen LogP contribution < -0.4 is 5.32 Å². The third kappa shape index (κ3) is 3.35. The molecule has 1 atom stereocenters. The van der Waals surface area contributed by atoms with Gasteiger partial charge in [-0.1, -0.05) is 41.9 Å². The van der Waals surface area contributed by atoms with E-state index in [1.807, 2.05) is 29.3 Å². The first-order chi connectivity index (χ1) is 15.6. The molecule has 1 spiro atoms. The number of fused-ring (bicyclic) bond motifs is 3. The topological polar surface area (TPSA) is 46.5 Å². The van der Waals surface area contributed by atoms with E-state index >= 15 is 0 Å². The van der Waals surface area contributed by atoms with Crippen molar-refractivity contribution in [2.45, 2.75) is 50.5 Å². The Morgan fingerprint density at radius 2 is 2.03 bits per heavy atom. The maximum absolute atomic E-state index is 13.6. The van der Waals surface area contributed by atoms with Gasteiger partial charge in [-0.2, -0.15) is 0 Å². The Balaban J connectivity index is 1.26. The van der Waals surface area contributed by atoms with E-state index < -0.39 is 0 Å². The van der Waals surface area contributed by atoms with Crippen LogP contribution >= 0.6 is 11.6 Å². The van der Waals surface area contributed by atoms with Crippen molar-refractivity contribution in [3.8, 4) is 0 Å². The number of nitrogens with zero attached hydrogens (tertiary/aromatic N) is 2. The maximum atomic E-state index is 13.6. The van der Waals surface area contributed by atoms with Crippen LogP contribution in [0.15, 0.2) is 48.7 Å². The number of likely N-dealkylation sites (tertiary alicyclic amines) is 1. The second-order valence-corrected chi connectivity index (χ2v) is 9.82. The molecule has 0 radical (unpaired) electrons. The predicted molar refractivity (Wildman–Crippen MR) is 126 cm³/mol. The lowest BCUT2D eigenvalue weighted by Gasteiger charge is -2.39. The van der Waals surface area contributed by atoms with Crippen molar-refractivity contribution in [2.75, 3.05) is 19.6 Å². The second kappa shape index (κ2) is 7.91. The summed E-state index contributed by atoms with van der Waals surface area (Å²) in [4.78, 5) is 15.6. The first kappa shape index (κ1) is 20.3. The number of carbonyl (C=O) groups excluding carboxylic acids is 1. The van der Waals surface area contributed by atoms with Crippen LogP contribution in [-0.4, -0.2) is 41.1 Å². The van der Waals surface area contributed by atoms with Gasteiger partial charge in [0.1, 0.15) is 0 Å². The number of hydrogen-bond acceptors (Lipinski definition) is 3. The van der Waals surface area contributed by atoms with Gasteiger partial charge in [0.2, 0.25) is 0 Å². The number of hydrogen-bond donors (Lipinski definition) is 1. The molecule has 0 aliphatic carbocycles. The molecule has 2 aromatic carbocycles. The highest BCUT2D eigenvalue weighted by Gasteiger charge is 2.43. The summed E-state index contributed by atoms with van der Waals surface area (Å²) >= 11 is 6.32. The lowest BCUT2D eigenvalue weighted by atomic mass is 9.83. The normalized spacial score (nSPS) is 22.0. The van der Waals surface area contributed by atoms with Crippen molar-refractivity contribution in [3.63, 3.8) is 0 Å². The van der Waals surface area contributed by atoms with Crippen LogP contribution in [0.1, 0.15) is 47.2 Å². The van der Waals surface area contributed by atoms with Crippen molar-refractivity contribution in [3.05, 3.63) is 70.4 Å². The van der Waals surface area contributed by atoms with Gasteiger partial charge in [0, 0.05) is 42.3 Å². The van der Waals surface area contributed by atoms with E-state index in [4.69, 9.17) is 16.3 Å². The third-order valence-corrected chi connectivity index (χ3v) is 7.76. The Morgan fingerprint density at radius 3 is 2.84 bits per heavy atom. The summed E-state index contributed by atoms with van der Waals surface area (Å²) in [6.45, 7) is 4.01. The van der Waals surface area contributed by atoms with Crippen LogP contribution in [0.3, 0.4) is 0 Å². The molecule has 0 bridgehead atoms. The number of piperidine rings is 1. The van der Waals surface area contributed by atoms with Crippen LogP contribution in [0.2, 0.25) is 5.02 Å². The van der Waals surface area contributed by atoms with E-state index in [0.717, 1.165) is 42.4 Å². The molecule has 2 fully saturated rings. The zero-order valence-electron chi connectivity index (χ0n) is 18.1. The van der Waals surface area contributed by atoms with Gasteiger partial charge in [0.05, 0.1) is 23.3 Å². The molecular weight excluding hydrogens is 422 g/mol. The van der Waals surface area contributed by atoms with E-state index in [1.54, 1.807) is 0 Å². The molecule has 6 heteroatoms. The van der Waals surface area contributed by atoms with Crippen molar-refractivity contribution in [2.24, 2.45) is 0 Å². The zero-order chi connectivity index (χ0) is 21.7. The van der Waals surface area contributed by atoms with Crippen molar-refractivity contribution in [1.82, 2.24) is 14.8 Å². The Kier molecular flexibility index (Phi) is 5.01. The first-order valence-corrected chi connectivity index (χ1v) is 12.0. The number of amides is 1. The average molecular weight is 450 g/mol. The van der Waals surface area contributed by atoms with Crippen LogP contribution in [0.25, 0.3) is 10.9 Å². The van der Waals surface area contributed by atoms with Gasteiger partial charge in [-0.15, -0.1) is 0 Å². The summed E-state index contributed by atoms with van der Waals surface area (Å²) in [5.74, 6) is 0.108. The minimum atomic E-state index is -0.233. The van der Waals surface area contributed by atoms with Crippen molar-refractivity contribution in [1.29, 1.82) is 0 Å². The summed E-state index contributed by atoms with van der Waals surface area (Å²) in [5, 5.41) is 5.25. The highest BCUT2D eigenvalue weighted by atomic mass is 35.5. The van der Waals surface area contributed by atoms with E-state index in [-0.39, 0.29) is 11.5 Å². The number of benzene rings is 2. The van der Waals surface area contributed by atoms with Crippen LogP contribution in [0, 0.1) is 0 Å². The van der Waals surface area contributed by atoms with Gasteiger partial charge in [0.25, 0.3) is 5.91 Å². The van der Waals surface area contributed by atoms with E-state index in [0.29, 0.717) is 30.8 Å². The summed E-state index contributed by atoms with van der Waals surface area (Å²) in [5.41, 5.74) is 4.17. The molecule has 0 unspecified atom stereocenters. The molecule has 4 heterocycles. The van der Waals surface area contributed by atoms with Crippen LogP contribution in [0.4, 0.5) is 0 Å². The molecule has 1 aromatic heterocycles. The number of halogens is 1. The molecule has 1 N–H and O–H groups in total. The van der Waals surface area contributed by atoms with E-state index in [1.165, 1.54) is 24.0 Å². The number of ether oxygens (including phenoxy) is 1. The molecular formula is C26H28ClN3O2. The molecule has 5 nitrogen and oxygen atoms in total. The van der Waals surface area contributed by atoms with Crippen LogP contribution in [-0.2, 0) is 23.5 Å². The van der Waals surface area contributed by atoms with Crippen molar-refractivity contribution >= 4 is 28.4 Å². The Morgan fingerprint density at radius 1 is 1.19 bits per heavy atom. The van der Waals surface area contributed by atoms with Gasteiger partial charge in [0.15, 0.2) is 0 Å². The Hall–Kier alpha value is -2.34. The maximum Gasteiger partial charge on any atom is 0.256 e. The molecule has 0 saturated carbocycles. The number of carbonyl (C=O) groups is 1. The number of aromatic nitrogens is 1. The summed E-state index contributed by atoms with van der Waals surface area (Å²) in [6, 6.07) is 14.8. The van der Waals surface area contributed by atoms with Gasteiger partial charge in [-0.05, 0) is 55.5 Å². The lowest BCUT2D eigenvalue weighted by molar-refractivity contribution is -0.0741. The fourth-order valence-electron chi connectivity index (χ4n) is 5.78.